The number of hydrogen-bond donors (Lipinski definition) is 2. The van der Waals surface area contributed by atoms with Crippen molar-refractivity contribution in [2.45, 2.75) is 29.9 Å². The summed E-state index contributed by atoms with van der Waals surface area (Å²) in [5.41, 5.74) is 0.945. The number of benzene rings is 1. The van der Waals surface area contributed by atoms with Crippen molar-refractivity contribution < 1.29 is 9.21 Å². The molecular formula is C19H25ClN2O2S. The Morgan fingerprint density at radius 1 is 1.28 bits per heavy atom. The Bertz CT molecular complexity index is 642. The van der Waals surface area contributed by atoms with Gasteiger partial charge in [0.25, 0.3) is 5.91 Å². The lowest BCUT2D eigenvalue weighted by Crippen LogP contribution is -2.33. The molecule has 0 radical (unpaired) electrons. The highest BCUT2D eigenvalue weighted by Crippen LogP contribution is 2.24. The lowest BCUT2D eigenvalue weighted by Gasteiger charge is -2.22. The Kier molecular flexibility index (Phi) is 8.38. The zero-order valence-corrected chi connectivity index (χ0v) is 15.8. The van der Waals surface area contributed by atoms with Crippen LogP contribution in [-0.4, -0.2) is 25.5 Å². The fourth-order valence-corrected chi connectivity index (χ4v) is 3.87. The quantitative estimate of drug-likeness (QED) is 0.709. The predicted octanol–water partition coefficient (Wildman–Crippen LogP) is 4.11. The zero-order chi connectivity index (χ0) is 16.6. The molecule has 0 aliphatic carbocycles. The van der Waals surface area contributed by atoms with Crippen LogP contribution in [0.3, 0.4) is 0 Å². The number of halogens is 1. The standard InChI is InChI=1S/C19H24N2O2S.ClH/c22-19(21-11-8-15-5-4-10-20-13-15)18-16(9-12-23-18)14-24-17-6-2-1-3-7-17;/h1-3,6-7,9,12,15,20H,4-5,8,10-11,13-14H2,(H,21,22);1H. The normalized spacial score (nSPS) is 16.9. The van der Waals surface area contributed by atoms with Crippen LogP contribution in [0.1, 0.15) is 35.4 Å². The monoisotopic (exact) mass is 380 g/mol. The number of nitrogens with one attached hydrogen (secondary N) is 2. The molecule has 1 aliphatic rings. The van der Waals surface area contributed by atoms with Gasteiger partial charge in [0.1, 0.15) is 0 Å². The molecule has 1 atom stereocenters. The van der Waals surface area contributed by atoms with Crippen molar-refractivity contribution in [1.29, 1.82) is 0 Å². The molecule has 1 aromatic heterocycles. The third kappa shape index (κ3) is 6.10. The maximum absolute atomic E-state index is 12.3. The summed E-state index contributed by atoms with van der Waals surface area (Å²) in [5, 5.41) is 6.41. The van der Waals surface area contributed by atoms with Crippen LogP contribution in [0.2, 0.25) is 0 Å². The number of furan rings is 1. The van der Waals surface area contributed by atoms with Gasteiger partial charge >= 0.3 is 0 Å². The minimum atomic E-state index is -0.104. The number of carbonyl (C=O) groups is 1. The maximum Gasteiger partial charge on any atom is 0.287 e. The molecule has 136 valence electrons. The SMILES string of the molecule is Cl.O=C(NCCC1CCCNC1)c1occc1CSc1ccccc1. The second kappa shape index (κ2) is 10.5. The summed E-state index contributed by atoms with van der Waals surface area (Å²) < 4.78 is 5.42. The summed E-state index contributed by atoms with van der Waals surface area (Å²) in [5.74, 6) is 1.74. The molecule has 1 saturated heterocycles. The Morgan fingerprint density at radius 2 is 2.12 bits per heavy atom. The van der Waals surface area contributed by atoms with Crippen molar-refractivity contribution in [1.82, 2.24) is 10.6 Å². The lowest BCUT2D eigenvalue weighted by atomic mass is 9.96. The van der Waals surface area contributed by atoms with Gasteiger partial charge in [0.05, 0.1) is 6.26 Å². The minimum absolute atomic E-state index is 0. The first-order chi connectivity index (χ1) is 11.8. The Labute approximate surface area is 159 Å². The van der Waals surface area contributed by atoms with Crippen molar-refractivity contribution in [3.63, 3.8) is 0 Å². The van der Waals surface area contributed by atoms with Gasteiger partial charge in [-0.05, 0) is 56.5 Å². The van der Waals surface area contributed by atoms with E-state index in [4.69, 9.17) is 4.42 Å². The van der Waals surface area contributed by atoms with Gasteiger partial charge in [0, 0.05) is 22.8 Å². The molecule has 3 rings (SSSR count). The van der Waals surface area contributed by atoms with Crippen LogP contribution in [0.4, 0.5) is 0 Å². The highest BCUT2D eigenvalue weighted by molar-refractivity contribution is 7.98. The van der Waals surface area contributed by atoms with E-state index in [1.165, 1.54) is 17.7 Å². The van der Waals surface area contributed by atoms with Gasteiger partial charge in [0.15, 0.2) is 5.76 Å². The summed E-state index contributed by atoms with van der Waals surface area (Å²) in [6.07, 6.45) is 5.11. The number of piperidine rings is 1. The van der Waals surface area contributed by atoms with Crippen molar-refractivity contribution in [2.24, 2.45) is 5.92 Å². The van der Waals surface area contributed by atoms with E-state index in [2.05, 4.69) is 22.8 Å². The van der Waals surface area contributed by atoms with E-state index in [1.807, 2.05) is 24.3 Å². The smallest absolute Gasteiger partial charge is 0.287 e. The largest absolute Gasteiger partial charge is 0.459 e. The maximum atomic E-state index is 12.3. The average Bonchev–Trinajstić information content (AvgIpc) is 3.10. The fourth-order valence-electron chi connectivity index (χ4n) is 2.97. The number of thioether (sulfide) groups is 1. The highest BCUT2D eigenvalue weighted by Gasteiger charge is 2.17. The van der Waals surface area contributed by atoms with E-state index in [1.54, 1.807) is 18.0 Å². The minimum Gasteiger partial charge on any atom is -0.459 e. The van der Waals surface area contributed by atoms with Gasteiger partial charge < -0.3 is 15.1 Å². The molecule has 1 unspecified atom stereocenters. The first-order valence-electron chi connectivity index (χ1n) is 8.56. The van der Waals surface area contributed by atoms with E-state index in [0.29, 0.717) is 18.2 Å². The Morgan fingerprint density at radius 3 is 2.88 bits per heavy atom. The van der Waals surface area contributed by atoms with E-state index in [0.717, 1.165) is 30.8 Å². The van der Waals surface area contributed by atoms with E-state index >= 15 is 0 Å². The van der Waals surface area contributed by atoms with Gasteiger partial charge in [-0.15, -0.1) is 24.2 Å². The van der Waals surface area contributed by atoms with Crippen molar-refractivity contribution in [2.75, 3.05) is 19.6 Å². The first-order valence-corrected chi connectivity index (χ1v) is 9.54. The predicted molar refractivity (Wildman–Crippen MR) is 105 cm³/mol. The third-order valence-electron chi connectivity index (χ3n) is 4.33. The van der Waals surface area contributed by atoms with Crippen molar-refractivity contribution >= 4 is 30.1 Å². The van der Waals surface area contributed by atoms with Gasteiger partial charge in [-0.3, -0.25) is 4.79 Å². The second-order valence-corrected chi connectivity index (χ2v) is 7.18. The summed E-state index contributed by atoms with van der Waals surface area (Å²) >= 11 is 1.71. The Balaban J connectivity index is 0.00000225. The van der Waals surface area contributed by atoms with Crippen LogP contribution in [0.5, 0.6) is 0 Å². The molecule has 2 aromatic rings. The molecule has 6 heteroatoms. The van der Waals surface area contributed by atoms with Crippen LogP contribution in [-0.2, 0) is 5.75 Å². The van der Waals surface area contributed by atoms with E-state index in [9.17, 15) is 4.79 Å². The summed E-state index contributed by atoms with van der Waals surface area (Å²) in [7, 11) is 0. The topological polar surface area (TPSA) is 54.3 Å². The Hall–Kier alpha value is -1.43. The number of hydrogen-bond acceptors (Lipinski definition) is 4. The van der Waals surface area contributed by atoms with E-state index in [-0.39, 0.29) is 18.3 Å². The molecule has 1 fully saturated rings. The highest BCUT2D eigenvalue weighted by atomic mass is 35.5. The van der Waals surface area contributed by atoms with Crippen LogP contribution in [0.25, 0.3) is 0 Å². The summed E-state index contributed by atoms with van der Waals surface area (Å²) in [6.45, 7) is 2.89. The molecule has 0 spiro atoms. The van der Waals surface area contributed by atoms with Gasteiger partial charge in [-0.1, -0.05) is 18.2 Å². The van der Waals surface area contributed by atoms with Crippen molar-refractivity contribution in [3.8, 4) is 0 Å². The van der Waals surface area contributed by atoms with Crippen LogP contribution < -0.4 is 10.6 Å². The number of amides is 1. The third-order valence-corrected chi connectivity index (χ3v) is 5.39. The molecule has 0 saturated carbocycles. The number of carbonyl (C=O) groups excluding carboxylic acids is 1. The van der Waals surface area contributed by atoms with Crippen LogP contribution >= 0.6 is 24.2 Å². The average molecular weight is 381 g/mol. The van der Waals surface area contributed by atoms with Crippen molar-refractivity contribution in [3.05, 3.63) is 54.0 Å². The first kappa shape index (κ1) is 19.9. The molecule has 1 aromatic carbocycles. The second-order valence-electron chi connectivity index (χ2n) is 6.13. The van der Waals surface area contributed by atoms with Gasteiger partial charge in [0.2, 0.25) is 0 Å². The lowest BCUT2D eigenvalue weighted by molar-refractivity contribution is 0.0922. The van der Waals surface area contributed by atoms with E-state index < -0.39 is 0 Å². The van der Waals surface area contributed by atoms with Gasteiger partial charge in [-0.2, -0.15) is 0 Å². The summed E-state index contributed by atoms with van der Waals surface area (Å²) in [6, 6.07) is 12.1. The molecule has 1 aliphatic heterocycles. The molecule has 4 nitrogen and oxygen atoms in total. The molecule has 25 heavy (non-hydrogen) atoms. The molecule has 1 amide bonds. The number of rotatable bonds is 7. The zero-order valence-electron chi connectivity index (χ0n) is 14.2. The molecule has 2 heterocycles. The molecule has 0 bridgehead atoms. The fraction of sp³-hybridized carbons (Fsp3) is 0.421. The molecular weight excluding hydrogens is 356 g/mol. The van der Waals surface area contributed by atoms with Crippen LogP contribution in [0, 0.1) is 5.92 Å². The van der Waals surface area contributed by atoms with Crippen LogP contribution in [0.15, 0.2) is 52.0 Å². The summed E-state index contributed by atoms with van der Waals surface area (Å²) in [4.78, 5) is 13.5. The molecule has 2 N–H and O–H groups in total. The van der Waals surface area contributed by atoms with Gasteiger partial charge in [-0.25, -0.2) is 0 Å².